The smallest absolute Gasteiger partial charge is 0.427 e. The maximum atomic E-state index is 13.5. The largest absolute Gasteiger partial charge is 0.494 e. The molecule has 0 aliphatic carbocycles. The fourth-order valence-corrected chi connectivity index (χ4v) is 2.81. The predicted molar refractivity (Wildman–Crippen MR) is 103 cm³/mol. The number of benzene rings is 2. The molecular formula is C21H21FN2O4. The van der Waals surface area contributed by atoms with E-state index < -0.39 is 17.6 Å². The van der Waals surface area contributed by atoms with Crippen LogP contribution in [0.1, 0.15) is 18.4 Å². The molecule has 3 aromatic rings. The zero-order chi connectivity index (χ0) is 19.9. The van der Waals surface area contributed by atoms with Gasteiger partial charge in [0.25, 0.3) is 0 Å². The molecule has 6 nitrogen and oxygen atoms in total. The van der Waals surface area contributed by atoms with Crippen LogP contribution in [0.4, 0.5) is 9.18 Å². The van der Waals surface area contributed by atoms with Crippen molar-refractivity contribution in [1.82, 2.24) is 9.88 Å². The van der Waals surface area contributed by atoms with Gasteiger partial charge in [0.2, 0.25) is 0 Å². The molecule has 3 rings (SSSR count). The minimum Gasteiger partial charge on any atom is -0.494 e. The van der Waals surface area contributed by atoms with Crippen molar-refractivity contribution in [3.8, 4) is 17.1 Å². The summed E-state index contributed by atoms with van der Waals surface area (Å²) in [5.74, 6) is -1.15. The summed E-state index contributed by atoms with van der Waals surface area (Å²) < 4.78 is 24.4. The van der Waals surface area contributed by atoms with Crippen molar-refractivity contribution < 1.29 is 18.3 Å². The highest BCUT2D eigenvalue weighted by atomic mass is 19.1. The van der Waals surface area contributed by atoms with Crippen molar-refractivity contribution in [2.75, 3.05) is 13.7 Å². The van der Waals surface area contributed by atoms with Crippen LogP contribution in [0.15, 0.2) is 63.9 Å². The van der Waals surface area contributed by atoms with E-state index in [0.29, 0.717) is 12.1 Å². The first-order valence-corrected chi connectivity index (χ1v) is 8.97. The molecule has 28 heavy (non-hydrogen) atoms. The Morgan fingerprint density at radius 3 is 2.71 bits per heavy atom. The molecule has 7 heteroatoms. The van der Waals surface area contributed by atoms with Crippen molar-refractivity contribution in [1.29, 1.82) is 0 Å². The van der Waals surface area contributed by atoms with E-state index in [-0.39, 0.29) is 11.5 Å². The van der Waals surface area contributed by atoms with Crippen molar-refractivity contribution in [2.45, 2.75) is 19.3 Å². The molecule has 0 saturated carbocycles. The van der Waals surface area contributed by atoms with Gasteiger partial charge in [-0.05, 0) is 43.0 Å². The molecule has 1 amide bonds. The van der Waals surface area contributed by atoms with Crippen LogP contribution in [0.25, 0.3) is 11.3 Å². The molecule has 0 spiro atoms. The Morgan fingerprint density at radius 1 is 1.18 bits per heavy atom. The van der Waals surface area contributed by atoms with Gasteiger partial charge in [0.05, 0.1) is 13.3 Å². The standard InChI is InChI=1S/C21H21FN2O4/c1-27-18-13-16(10-11-17(18)22)19-14-24(21(26)28-19)20(25)23-12-6-5-9-15-7-3-2-4-8-15/h2-4,7-8,10-11,13-14H,5-6,9,12H2,1H3,(H,23,25). The highest BCUT2D eigenvalue weighted by Gasteiger charge is 2.15. The number of nitrogens with zero attached hydrogens (tertiary/aromatic N) is 1. The van der Waals surface area contributed by atoms with Crippen molar-refractivity contribution in [3.05, 3.63) is 76.7 Å². The Balaban J connectivity index is 1.56. The van der Waals surface area contributed by atoms with Crippen LogP contribution in [0, 0.1) is 5.82 Å². The number of hydrogen-bond donors (Lipinski definition) is 1. The van der Waals surface area contributed by atoms with Crippen LogP contribution in [0.2, 0.25) is 0 Å². The van der Waals surface area contributed by atoms with Gasteiger partial charge in [-0.25, -0.2) is 14.0 Å². The Bertz CT molecular complexity index is 995. The van der Waals surface area contributed by atoms with E-state index >= 15 is 0 Å². The summed E-state index contributed by atoms with van der Waals surface area (Å²) >= 11 is 0. The summed E-state index contributed by atoms with van der Waals surface area (Å²) in [5.41, 5.74) is 1.68. The van der Waals surface area contributed by atoms with Crippen LogP contribution in [0.5, 0.6) is 5.75 Å². The fourth-order valence-electron chi connectivity index (χ4n) is 2.81. The zero-order valence-corrected chi connectivity index (χ0v) is 15.5. The minimum absolute atomic E-state index is 0.0239. The van der Waals surface area contributed by atoms with Gasteiger partial charge in [-0.15, -0.1) is 0 Å². The van der Waals surface area contributed by atoms with E-state index in [9.17, 15) is 14.0 Å². The lowest BCUT2D eigenvalue weighted by molar-refractivity contribution is 0.240. The third-order valence-corrected chi connectivity index (χ3v) is 4.31. The SMILES string of the molecule is COc1cc(-c2cn(C(=O)NCCCCc3ccccc3)c(=O)o2)ccc1F. The number of nitrogens with one attached hydrogen (secondary N) is 1. The van der Waals surface area contributed by atoms with Crippen LogP contribution >= 0.6 is 0 Å². The number of halogens is 1. The molecule has 0 unspecified atom stereocenters. The van der Waals surface area contributed by atoms with Crippen molar-refractivity contribution >= 4 is 6.03 Å². The molecule has 1 N–H and O–H groups in total. The van der Waals surface area contributed by atoms with Gasteiger partial charge in [-0.2, -0.15) is 4.57 Å². The Morgan fingerprint density at radius 2 is 1.96 bits per heavy atom. The number of amides is 1. The number of aryl methyl sites for hydroxylation is 1. The maximum Gasteiger partial charge on any atom is 0.427 e. The lowest BCUT2D eigenvalue weighted by atomic mass is 10.1. The number of unbranched alkanes of at least 4 members (excludes halogenated alkanes) is 1. The first kappa shape index (κ1) is 19.4. The van der Waals surface area contributed by atoms with Crippen LogP contribution in [-0.2, 0) is 6.42 Å². The monoisotopic (exact) mass is 384 g/mol. The van der Waals surface area contributed by atoms with E-state index in [0.717, 1.165) is 23.8 Å². The number of rotatable bonds is 7. The summed E-state index contributed by atoms with van der Waals surface area (Å²) in [6.45, 7) is 0.447. The molecule has 0 bridgehead atoms. The van der Waals surface area contributed by atoms with Gasteiger partial charge in [-0.3, -0.25) is 0 Å². The van der Waals surface area contributed by atoms with E-state index in [1.54, 1.807) is 0 Å². The normalized spacial score (nSPS) is 10.6. The maximum absolute atomic E-state index is 13.5. The summed E-state index contributed by atoms with van der Waals surface area (Å²) in [7, 11) is 1.34. The van der Waals surface area contributed by atoms with Crippen LogP contribution < -0.4 is 15.8 Å². The molecule has 0 aliphatic rings. The Kier molecular flexibility index (Phi) is 6.26. The first-order chi connectivity index (χ1) is 13.6. The zero-order valence-electron chi connectivity index (χ0n) is 15.5. The number of ether oxygens (including phenoxy) is 1. The van der Waals surface area contributed by atoms with Crippen molar-refractivity contribution in [3.63, 3.8) is 0 Å². The lowest BCUT2D eigenvalue weighted by Crippen LogP contribution is -2.34. The van der Waals surface area contributed by atoms with Crippen LogP contribution in [-0.4, -0.2) is 24.3 Å². The molecule has 2 aromatic carbocycles. The molecule has 146 valence electrons. The second-order valence-corrected chi connectivity index (χ2v) is 6.26. The van der Waals surface area contributed by atoms with Gasteiger partial charge in [0.15, 0.2) is 17.3 Å². The summed E-state index contributed by atoms with van der Waals surface area (Å²) in [5, 5.41) is 2.70. The van der Waals surface area contributed by atoms with E-state index in [4.69, 9.17) is 9.15 Å². The van der Waals surface area contributed by atoms with Crippen LogP contribution in [0.3, 0.4) is 0 Å². The third kappa shape index (κ3) is 4.68. The van der Waals surface area contributed by atoms with Gasteiger partial charge in [-0.1, -0.05) is 30.3 Å². The summed E-state index contributed by atoms with van der Waals surface area (Å²) in [4.78, 5) is 24.2. The molecule has 0 radical (unpaired) electrons. The number of oxazole rings is 1. The van der Waals surface area contributed by atoms with E-state index in [1.165, 1.54) is 37.1 Å². The molecule has 0 atom stereocenters. The molecule has 0 fully saturated rings. The Labute approximate surface area is 161 Å². The van der Waals surface area contributed by atoms with E-state index in [2.05, 4.69) is 17.4 Å². The predicted octanol–water partition coefficient (Wildman–Crippen LogP) is 3.84. The molecule has 0 saturated heterocycles. The quantitative estimate of drug-likeness (QED) is 0.628. The molecular weight excluding hydrogens is 363 g/mol. The van der Waals surface area contributed by atoms with E-state index in [1.807, 2.05) is 18.2 Å². The number of carbonyl (C=O) groups is 1. The average molecular weight is 384 g/mol. The second-order valence-electron chi connectivity index (χ2n) is 6.26. The first-order valence-electron chi connectivity index (χ1n) is 8.97. The summed E-state index contributed by atoms with van der Waals surface area (Å²) in [6.07, 6.45) is 3.92. The average Bonchev–Trinajstić information content (AvgIpc) is 3.10. The number of methoxy groups -OCH3 is 1. The third-order valence-electron chi connectivity index (χ3n) is 4.31. The highest BCUT2D eigenvalue weighted by Crippen LogP contribution is 2.25. The van der Waals surface area contributed by atoms with Gasteiger partial charge < -0.3 is 14.5 Å². The Hall–Kier alpha value is -3.35. The lowest BCUT2D eigenvalue weighted by Gasteiger charge is -2.05. The summed E-state index contributed by atoms with van der Waals surface area (Å²) in [6, 6.07) is 13.6. The highest BCUT2D eigenvalue weighted by molar-refractivity contribution is 5.77. The molecule has 1 heterocycles. The van der Waals surface area contributed by atoms with Gasteiger partial charge >= 0.3 is 11.8 Å². The fraction of sp³-hybridized carbons (Fsp3) is 0.238. The topological polar surface area (TPSA) is 73.5 Å². The molecule has 0 aliphatic heterocycles. The number of carbonyl (C=O) groups excluding carboxylic acids is 1. The van der Waals surface area contributed by atoms with Gasteiger partial charge in [0.1, 0.15) is 0 Å². The number of aromatic nitrogens is 1. The second kappa shape index (κ2) is 9.03. The molecule has 1 aromatic heterocycles. The van der Waals surface area contributed by atoms with Crippen molar-refractivity contribution in [2.24, 2.45) is 0 Å². The van der Waals surface area contributed by atoms with Gasteiger partial charge in [0, 0.05) is 12.1 Å². The minimum atomic E-state index is -0.805. The number of hydrogen-bond acceptors (Lipinski definition) is 4.